The van der Waals surface area contributed by atoms with E-state index in [0.717, 1.165) is 54.6 Å². The first-order valence-corrected chi connectivity index (χ1v) is 14.4. The van der Waals surface area contributed by atoms with Gasteiger partial charge < -0.3 is 28.7 Å². The summed E-state index contributed by atoms with van der Waals surface area (Å²) in [6.07, 6.45) is 6.10. The Morgan fingerprint density at radius 3 is 2.65 bits per heavy atom. The first kappa shape index (κ1) is 26.4. The highest BCUT2D eigenvalue weighted by molar-refractivity contribution is 5.99. The van der Waals surface area contributed by atoms with Crippen molar-refractivity contribution in [1.29, 1.82) is 0 Å². The Morgan fingerprint density at radius 1 is 1.10 bits per heavy atom. The lowest BCUT2D eigenvalue weighted by atomic mass is 9.81. The first-order chi connectivity index (χ1) is 19.4. The molecule has 0 unspecified atom stereocenters. The lowest BCUT2D eigenvalue weighted by molar-refractivity contribution is 0.0697. The number of benzene rings is 2. The van der Waals surface area contributed by atoms with Gasteiger partial charge in [-0.1, -0.05) is 30.5 Å². The van der Waals surface area contributed by atoms with Crippen LogP contribution >= 0.6 is 0 Å². The van der Waals surface area contributed by atoms with E-state index in [1.807, 2.05) is 25.1 Å². The number of aromatic nitrogens is 2. The maximum Gasteiger partial charge on any atom is 0.335 e. The van der Waals surface area contributed by atoms with Crippen molar-refractivity contribution in [3.8, 4) is 17.0 Å². The Morgan fingerprint density at radius 2 is 1.93 bits per heavy atom. The smallest absolute Gasteiger partial charge is 0.335 e. The zero-order valence-corrected chi connectivity index (χ0v) is 23.7. The van der Waals surface area contributed by atoms with Crippen molar-refractivity contribution in [2.24, 2.45) is 0 Å². The molecule has 4 aromatic rings. The molecule has 2 aromatic heterocycles. The number of hydrogen-bond acceptors (Lipinski definition) is 6. The highest BCUT2D eigenvalue weighted by atomic mass is 16.5. The lowest BCUT2D eigenvalue weighted by Gasteiger charge is -2.27. The second-order valence-corrected chi connectivity index (χ2v) is 11.5. The first-order valence-electron chi connectivity index (χ1n) is 14.4. The van der Waals surface area contributed by atoms with E-state index in [0.29, 0.717) is 18.1 Å². The molecule has 0 bridgehead atoms. The quantitative estimate of drug-likeness (QED) is 0.279. The van der Waals surface area contributed by atoms with Crippen LogP contribution in [0.3, 0.4) is 0 Å². The van der Waals surface area contributed by atoms with Gasteiger partial charge in [0.15, 0.2) is 0 Å². The predicted molar refractivity (Wildman–Crippen MR) is 156 cm³/mol. The van der Waals surface area contributed by atoms with Gasteiger partial charge in [0.2, 0.25) is 0 Å². The molecule has 1 saturated carbocycles. The fourth-order valence-corrected chi connectivity index (χ4v) is 6.44. The van der Waals surface area contributed by atoms with Crippen LogP contribution in [0.1, 0.15) is 65.4 Å². The molecular formula is C32H38N4O4. The number of nitrogens with zero attached hydrogens (tertiary/aromatic N) is 4. The van der Waals surface area contributed by atoms with Gasteiger partial charge >= 0.3 is 5.97 Å². The fraction of sp³-hybridized carbons (Fsp3) is 0.438. The molecule has 0 amide bonds. The minimum Gasteiger partial charge on any atom is -0.487 e. The van der Waals surface area contributed by atoms with Gasteiger partial charge in [0.1, 0.15) is 23.8 Å². The topological polar surface area (TPSA) is 84.0 Å². The second-order valence-electron chi connectivity index (χ2n) is 11.5. The van der Waals surface area contributed by atoms with Crippen molar-refractivity contribution in [2.45, 2.75) is 58.1 Å². The molecule has 6 rings (SSSR count). The van der Waals surface area contributed by atoms with Crippen LogP contribution in [-0.2, 0) is 13.2 Å². The molecule has 2 aromatic carbocycles. The number of carboxylic acids is 1. The zero-order chi connectivity index (χ0) is 27.8. The van der Waals surface area contributed by atoms with Crippen LogP contribution in [0.15, 0.2) is 47.0 Å². The Labute approximate surface area is 235 Å². The molecule has 2 aliphatic rings. The fourth-order valence-electron chi connectivity index (χ4n) is 6.44. The van der Waals surface area contributed by atoms with E-state index in [4.69, 9.17) is 9.26 Å². The van der Waals surface area contributed by atoms with Crippen LogP contribution in [0.2, 0.25) is 0 Å². The normalized spacial score (nSPS) is 15.8. The number of ether oxygens (including phenoxy) is 1. The summed E-state index contributed by atoms with van der Waals surface area (Å²) in [5.74, 6) is 1.15. The third kappa shape index (κ3) is 5.08. The average molecular weight is 543 g/mol. The van der Waals surface area contributed by atoms with E-state index in [1.165, 1.54) is 54.3 Å². The molecule has 1 N–H and O–H groups in total. The Balaban J connectivity index is 1.50. The molecule has 40 heavy (non-hydrogen) atoms. The predicted octanol–water partition coefficient (Wildman–Crippen LogP) is 6.31. The summed E-state index contributed by atoms with van der Waals surface area (Å²) in [7, 11) is 4.20. The number of likely N-dealkylation sites (N-methyl/N-ethyl adjacent to an activating group) is 1. The minimum absolute atomic E-state index is 0.337. The molecule has 0 radical (unpaired) electrons. The van der Waals surface area contributed by atoms with Crippen molar-refractivity contribution in [2.75, 3.05) is 38.6 Å². The van der Waals surface area contributed by atoms with Gasteiger partial charge in [-0.25, -0.2) is 4.79 Å². The Bertz CT molecular complexity index is 1530. The standard InChI is InChI=1S/C32H38N4O4/c1-21-17-24(33-40-21)20-39-25-10-12-27-28(19-25)35(14-13-34(2)3)15-16-36-29-18-23(32(37)38)9-11-26(29)30(31(27)36)22-7-5-4-6-8-22/h9-12,17-19,22H,4-8,13-16,20H2,1-3H3,(H,37,38). The second kappa shape index (κ2) is 11.0. The van der Waals surface area contributed by atoms with Crippen molar-refractivity contribution >= 4 is 22.6 Å². The van der Waals surface area contributed by atoms with Gasteiger partial charge in [-0.3, -0.25) is 0 Å². The maximum atomic E-state index is 11.9. The summed E-state index contributed by atoms with van der Waals surface area (Å²) in [5, 5.41) is 15.1. The zero-order valence-electron chi connectivity index (χ0n) is 23.7. The molecule has 8 heteroatoms. The van der Waals surface area contributed by atoms with E-state index in [9.17, 15) is 9.90 Å². The molecular weight excluding hydrogens is 504 g/mol. The number of aromatic carboxylic acids is 1. The lowest BCUT2D eigenvalue weighted by Crippen LogP contribution is -2.33. The van der Waals surface area contributed by atoms with Gasteiger partial charge in [0, 0.05) is 60.5 Å². The van der Waals surface area contributed by atoms with Crippen LogP contribution in [-0.4, -0.2) is 59.4 Å². The number of fused-ring (bicyclic) bond motifs is 5. The SMILES string of the molecule is Cc1cc(COc2ccc3c(c2)N(CCN(C)C)CCn2c-3c(C3CCCCC3)c3ccc(C(=O)O)cc32)no1. The third-order valence-corrected chi connectivity index (χ3v) is 8.40. The number of anilines is 1. The third-order valence-electron chi connectivity index (χ3n) is 8.40. The molecule has 1 fully saturated rings. The maximum absolute atomic E-state index is 11.9. The van der Waals surface area contributed by atoms with Gasteiger partial charge in [0.05, 0.1) is 11.3 Å². The summed E-state index contributed by atoms with van der Waals surface area (Å²) >= 11 is 0. The van der Waals surface area contributed by atoms with E-state index in [-0.39, 0.29) is 0 Å². The summed E-state index contributed by atoms with van der Waals surface area (Å²) < 4.78 is 13.8. The summed E-state index contributed by atoms with van der Waals surface area (Å²) in [6.45, 7) is 5.65. The minimum atomic E-state index is -0.887. The molecule has 8 nitrogen and oxygen atoms in total. The van der Waals surface area contributed by atoms with Gasteiger partial charge in [-0.15, -0.1) is 0 Å². The number of carboxylic acid groups (broad SMARTS) is 1. The number of aryl methyl sites for hydroxylation is 1. The van der Waals surface area contributed by atoms with E-state index in [1.54, 1.807) is 6.07 Å². The number of rotatable bonds is 8. The van der Waals surface area contributed by atoms with E-state index < -0.39 is 5.97 Å². The molecule has 0 saturated heterocycles. The molecule has 1 aliphatic heterocycles. The van der Waals surface area contributed by atoms with Crippen molar-refractivity contribution in [3.63, 3.8) is 0 Å². The van der Waals surface area contributed by atoms with Gasteiger partial charge in [0.25, 0.3) is 0 Å². The average Bonchev–Trinajstić information content (AvgIpc) is 3.47. The van der Waals surface area contributed by atoms with Crippen molar-refractivity contribution in [1.82, 2.24) is 14.6 Å². The Hall–Kier alpha value is -3.78. The van der Waals surface area contributed by atoms with Gasteiger partial charge in [-0.05, 0) is 69.6 Å². The number of carbonyl (C=O) groups is 1. The Kier molecular flexibility index (Phi) is 7.27. The molecule has 1 aliphatic carbocycles. The largest absolute Gasteiger partial charge is 0.487 e. The van der Waals surface area contributed by atoms with Crippen LogP contribution in [0.25, 0.3) is 22.2 Å². The molecule has 3 heterocycles. The molecule has 0 atom stereocenters. The highest BCUT2D eigenvalue weighted by Gasteiger charge is 2.31. The summed E-state index contributed by atoms with van der Waals surface area (Å²) in [6, 6.07) is 14.0. The monoisotopic (exact) mass is 542 g/mol. The van der Waals surface area contributed by atoms with E-state index in [2.05, 4.69) is 51.8 Å². The molecule has 210 valence electrons. The van der Waals surface area contributed by atoms with E-state index >= 15 is 0 Å². The van der Waals surface area contributed by atoms with Crippen LogP contribution in [0, 0.1) is 6.92 Å². The van der Waals surface area contributed by atoms with Crippen LogP contribution in [0.5, 0.6) is 5.75 Å². The molecule has 0 spiro atoms. The number of hydrogen-bond donors (Lipinski definition) is 1. The highest BCUT2D eigenvalue weighted by Crippen LogP contribution is 2.48. The van der Waals surface area contributed by atoms with Crippen molar-refractivity contribution < 1.29 is 19.2 Å². The summed E-state index contributed by atoms with van der Waals surface area (Å²) in [5.41, 5.74) is 7.11. The van der Waals surface area contributed by atoms with Crippen molar-refractivity contribution in [3.05, 3.63) is 65.0 Å². The summed E-state index contributed by atoms with van der Waals surface area (Å²) in [4.78, 5) is 16.6. The van der Waals surface area contributed by atoms with Crippen LogP contribution in [0.4, 0.5) is 5.69 Å². The van der Waals surface area contributed by atoms with Gasteiger partial charge in [-0.2, -0.15) is 0 Å². The van der Waals surface area contributed by atoms with Crippen LogP contribution < -0.4 is 9.64 Å².